The number of hydrogen-bond acceptors (Lipinski definition) is 5. The highest BCUT2D eigenvalue weighted by Crippen LogP contribution is 2.24. The lowest BCUT2D eigenvalue weighted by atomic mass is 10.1. The van der Waals surface area contributed by atoms with Crippen LogP contribution in [0.3, 0.4) is 0 Å². The van der Waals surface area contributed by atoms with Crippen molar-refractivity contribution in [3.63, 3.8) is 0 Å². The van der Waals surface area contributed by atoms with Crippen LogP contribution in [0.2, 0.25) is 0 Å². The van der Waals surface area contributed by atoms with Gasteiger partial charge < -0.3 is 14.2 Å². The van der Waals surface area contributed by atoms with Gasteiger partial charge in [-0.1, -0.05) is 0 Å². The normalized spacial score (nSPS) is 11.4. The van der Waals surface area contributed by atoms with Crippen LogP contribution in [0.1, 0.15) is 11.1 Å². The highest BCUT2D eigenvalue weighted by molar-refractivity contribution is 5.65. The molecule has 0 aromatic heterocycles. The third-order valence-electron chi connectivity index (χ3n) is 2.28. The van der Waals surface area contributed by atoms with E-state index in [0.29, 0.717) is 22.6 Å². The quantitative estimate of drug-likeness (QED) is 0.449. The van der Waals surface area contributed by atoms with Gasteiger partial charge in [-0.05, 0) is 23.8 Å². The van der Waals surface area contributed by atoms with Crippen molar-refractivity contribution in [2.45, 2.75) is 0 Å². The highest BCUT2D eigenvalue weighted by Gasteiger charge is 2.06. The van der Waals surface area contributed by atoms with Gasteiger partial charge in [-0.3, -0.25) is 10.1 Å². The van der Waals surface area contributed by atoms with E-state index >= 15 is 0 Å². The summed E-state index contributed by atoms with van der Waals surface area (Å²) in [6.45, 7) is 0. The average Bonchev–Trinajstić information content (AvgIpc) is 2.42. The largest absolute Gasteiger partial charge is 0.500 e. The summed E-state index contributed by atoms with van der Waals surface area (Å²) in [5.74, 6) is 1.07. The van der Waals surface area contributed by atoms with Crippen molar-refractivity contribution >= 4 is 11.8 Å². The van der Waals surface area contributed by atoms with Crippen molar-refractivity contribution in [3.05, 3.63) is 51.9 Å². The molecule has 1 rings (SSSR count). The molecule has 0 atom stereocenters. The van der Waals surface area contributed by atoms with Crippen molar-refractivity contribution in [2.75, 3.05) is 21.3 Å². The molecule has 1 aromatic carbocycles. The Morgan fingerprint density at radius 1 is 1.26 bits per heavy atom. The first-order valence-electron chi connectivity index (χ1n) is 5.38. The Labute approximate surface area is 111 Å². The van der Waals surface area contributed by atoms with Crippen LogP contribution in [-0.2, 0) is 9.47 Å². The maximum Gasteiger partial charge on any atom is 0.235 e. The van der Waals surface area contributed by atoms with Crippen molar-refractivity contribution in [2.24, 2.45) is 0 Å². The SMILES string of the molecule is CO/C=C(/OC)c1cc(C=C[N+](=O)[O-])cc(OC)c1. The van der Waals surface area contributed by atoms with E-state index in [1.54, 1.807) is 18.2 Å². The van der Waals surface area contributed by atoms with E-state index in [4.69, 9.17) is 14.2 Å². The van der Waals surface area contributed by atoms with E-state index in [9.17, 15) is 10.1 Å². The number of nitro groups is 1. The molecule has 0 saturated carbocycles. The lowest BCUT2D eigenvalue weighted by molar-refractivity contribution is -0.400. The van der Waals surface area contributed by atoms with Crippen molar-refractivity contribution in [1.82, 2.24) is 0 Å². The molecule has 19 heavy (non-hydrogen) atoms. The zero-order valence-electron chi connectivity index (χ0n) is 11.0. The minimum Gasteiger partial charge on any atom is -0.500 e. The van der Waals surface area contributed by atoms with Crippen LogP contribution in [0.4, 0.5) is 0 Å². The first-order valence-corrected chi connectivity index (χ1v) is 5.38. The monoisotopic (exact) mass is 265 g/mol. The van der Waals surface area contributed by atoms with Gasteiger partial charge in [0.05, 0.1) is 26.3 Å². The Kier molecular flexibility index (Phi) is 5.40. The fourth-order valence-electron chi connectivity index (χ4n) is 1.47. The molecule has 1 aromatic rings. The van der Waals surface area contributed by atoms with Crippen molar-refractivity contribution in [3.8, 4) is 5.75 Å². The first kappa shape index (κ1) is 14.6. The van der Waals surface area contributed by atoms with Crippen LogP contribution < -0.4 is 4.74 Å². The van der Waals surface area contributed by atoms with Gasteiger partial charge in [-0.25, -0.2) is 0 Å². The predicted molar refractivity (Wildman–Crippen MR) is 71.0 cm³/mol. The summed E-state index contributed by atoms with van der Waals surface area (Å²) < 4.78 is 15.2. The second-order valence-electron chi connectivity index (χ2n) is 3.52. The standard InChI is InChI=1S/C13H15NO5/c1-17-9-13(19-3)11-6-10(4-5-14(15)16)7-12(8-11)18-2/h4-9H,1-3H3/b5-4?,13-9+. The summed E-state index contributed by atoms with van der Waals surface area (Å²) in [5.41, 5.74) is 1.33. The fourth-order valence-corrected chi connectivity index (χ4v) is 1.47. The molecular formula is C13H15NO5. The Morgan fingerprint density at radius 2 is 2.00 bits per heavy atom. The molecule has 6 nitrogen and oxygen atoms in total. The minimum absolute atomic E-state index is 0.497. The highest BCUT2D eigenvalue weighted by atomic mass is 16.6. The number of benzene rings is 1. The molecule has 6 heteroatoms. The lowest BCUT2D eigenvalue weighted by Gasteiger charge is -2.09. The summed E-state index contributed by atoms with van der Waals surface area (Å²) >= 11 is 0. The predicted octanol–water partition coefficient (Wildman–Crippen LogP) is 2.53. The second kappa shape index (κ2) is 7.05. The Morgan fingerprint density at radius 3 is 2.53 bits per heavy atom. The zero-order chi connectivity index (χ0) is 14.3. The summed E-state index contributed by atoms with van der Waals surface area (Å²) in [6.07, 6.45) is 3.69. The smallest absolute Gasteiger partial charge is 0.235 e. The van der Waals surface area contributed by atoms with Crippen molar-refractivity contribution in [1.29, 1.82) is 0 Å². The van der Waals surface area contributed by atoms with E-state index in [-0.39, 0.29) is 0 Å². The molecule has 102 valence electrons. The fraction of sp³-hybridized carbons (Fsp3) is 0.231. The molecule has 0 bridgehead atoms. The first-order chi connectivity index (χ1) is 9.10. The van der Waals surface area contributed by atoms with E-state index in [0.717, 1.165) is 6.20 Å². The Bertz CT molecular complexity index is 508. The molecule has 0 heterocycles. The summed E-state index contributed by atoms with van der Waals surface area (Å²) in [7, 11) is 4.54. The molecule has 0 N–H and O–H groups in total. The molecule has 0 unspecified atom stereocenters. The number of ether oxygens (including phenoxy) is 3. The van der Waals surface area contributed by atoms with Crippen LogP contribution >= 0.6 is 0 Å². The van der Waals surface area contributed by atoms with Crippen LogP contribution in [0, 0.1) is 10.1 Å². The van der Waals surface area contributed by atoms with Gasteiger partial charge in [0.25, 0.3) is 0 Å². The van der Waals surface area contributed by atoms with E-state index in [1.165, 1.54) is 33.7 Å². The lowest BCUT2D eigenvalue weighted by Crippen LogP contribution is -1.93. The Balaban J connectivity index is 3.21. The van der Waals surface area contributed by atoms with Gasteiger partial charge in [0.2, 0.25) is 6.20 Å². The van der Waals surface area contributed by atoms with Gasteiger partial charge in [-0.15, -0.1) is 0 Å². The molecule has 0 aliphatic rings. The van der Waals surface area contributed by atoms with Gasteiger partial charge in [0, 0.05) is 11.6 Å². The van der Waals surface area contributed by atoms with Gasteiger partial charge in [0.1, 0.15) is 12.0 Å². The van der Waals surface area contributed by atoms with Crippen LogP contribution in [0.25, 0.3) is 11.8 Å². The Hall–Kier alpha value is -2.50. The second-order valence-corrected chi connectivity index (χ2v) is 3.52. The molecule has 0 spiro atoms. The summed E-state index contributed by atoms with van der Waals surface area (Å²) in [4.78, 5) is 9.81. The summed E-state index contributed by atoms with van der Waals surface area (Å²) in [6, 6.07) is 5.16. The number of rotatable bonds is 6. The zero-order valence-corrected chi connectivity index (χ0v) is 11.0. The maximum atomic E-state index is 10.3. The summed E-state index contributed by atoms with van der Waals surface area (Å²) in [5, 5.41) is 10.3. The number of nitrogens with zero attached hydrogens (tertiary/aromatic N) is 1. The molecule has 0 saturated heterocycles. The van der Waals surface area contributed by atoms with E-state index < -0.39 is 4.92 Å². The number of hydrogen-bond donors (Lipinski definition) is 0. The average molecular weight is 265 g/mol. The van der Waals surface area contributed by atoms with Crippen LogP contribution in [-0.4, -0.2) is 26.3 Å². The third kappa shape index (κ3) is 4.34. The van der Waals surface area contributed by atoms with Crippen molar-refractivity contribution < 1.29 is 19.1 Å². The van der Waals surface area contributed by atoms with Gasteiger partial charge in [0.15, 0.2) is 5.76 Å². The van der Waals surface area contributed by atoms with Gasteiger partial charge >= 0.3 is 0 Å². The maximum absolute atomic E-state index is 10.3. The molecule has 0 fully saturated rings. The number of methoxy groups -OCH3 is 3. The van der Waals surface area contributed by atoms with Crippen LogP contribution in [0.15, 0.2) is 30.7 Å². The van der Waals surface area contributed by atoms with Gasteiger partial charge in [-0.2, -0.15) is 0 Å². The van der Waals surface area contributed by atoms with E-state index in [1.807, 2.05) is 0 Å². The molecule has 0 aliphatic heterocycles. The van der Waals surface area contributed by atoms with E-state index in [2.05, 4.69) is 0 Å². The third-order valence-corrected chi connectivity index (χ3v) is 2.28. The molecule has 0 radical (unpaired) electrons. The molecular weight excluding hydrogens is 250 g/mol. The topological polar surface area (TPSA) is 70.8 Å². The molecule has 0 aliphatic carbocycles. The minimum atomic E-state index is -0.526. The van der Waals surface area contributed by atoms with Crippen LogP contribution in [0.5, 0.6) is 5.75 Å². The molecule has 0 amide bonds.